The number of amides is 2. The molecule has 1 fully saturated rings. The van der Waals surface area contributed by atoms with Gasteiger partial charge in [0.1, 0.15) is 17.7 Å². The summed E-state index contributed by atoms with van der Waals surface area (Å²) < 4.78 is 8.65. The Morgan fingerprint density at radius 2 is 2.03 bits per heavy atom. The van der Waals surface area contributed by atoms with Crippen LogP contribution in [0.3, 0.4) is 0 Å². The molecule has 2 aromatic heterocycles. The summed E-state index contributed by atoms with van der Waals surface area (Å²) in [5.74, 6) is 0.700. The number of esters is 1. The molecule has 0 saturated carbocycles. The minimum atomic E-state index is -0.388. The summed E-state index contributed by atoms with van der Waals surface area (Å²) in [6, 6.07) is 7.21. The summed E-state index contributed by atoms with van der Waals surface area (Å²) in [5, 5.41) is 15.4. The van der Waals surface area contributed by atoms with Crippen LogP contribution in [0.5, 0.6) is 0 Å². The molecule has 1 saturated heterocycles. The number of carbonyl (C=O) groups excluding carboxylic acids is 2. The predicted octanol–water partition coefficient (Wildman–Crippen LogP) is 2.90. The van der Waals surface area contributed by atoms with E-state index in [1.807, 2.05) is 47.7 Å². The molecule has 1 N–H and O–H groups in total. The average Bonchev–Trinajstić information content (AvgIpc) is 3.40. The second-order valence-electron chi connectivity index (χ2n) is 7.84. The minimum Gasteiger partial charge on any atom is -0.462 e. The van der Waals surface area contributed by atoms with Crippen molar-refractivity contribution < 1.29 is 14.3 Å². The summed E-state index contributed by atoms with van der Waals surface area (Å²) in [4.78, 5) is 26.7. The third-order valence-electron chi connectivity index (χ3n) is 5.69. The highest BCUT2D eigenvalue weighted by Gasteiger charge is 2.27. The summed E-state index contributed by atoms with van der Waals surface area (Å²) in [6.07, 6.45) is 5.10. The van der Waals surface area contributed by atoms with Gasteiger partial charge < -0.3 is 19.5 Å². The van der Waals surface area contributed by atoms with Gasteiger partial charge in [0.25, 0.3) is 0 Å². The van der Waals surface area contributed by atoms with Crippen molar-refractivity contribution in [3.63, 3.8) is 0 Å². The van der Waals surface area contributed by atoms with Gasteiger partial charge in [-0.25, -0.2) is 14.3 Å². The number of nitrogens with one attached hydrogen (secondary N) is 1. The van der Waals surface area contributed by atoms with Crippen LogP contribution in [0.15, 0.2) is 36.8 Å². The molecule has 1 aliphatic rings. The molecular weight excluding hydrogens is 410 g/mol. The van der Waals surface area contributed by atoms with E-state index in [4.69, 9.17) is 4.74 Å². The predicted molar refractivity (Wildman–Crippen MR) is 118 cm³/mol. The highest BCUT2D eigenvalue weighted by molar-refractivity contribution is 5.91. The Labute approximate surface area is 186 Å². The van der Waals surface area contributed by atoms with Crippen LogP contribution in [0.4, 0.5) is 10.5 Å². The fraction of sp³-hybridized carbons (Fsp3) is 0.409. The number of aryl methyl sites for hydroxylation is 1. The van der Waals surface area contributed by atoms with E-state index in [1.54, 1.807) is 17.9 Å². The first-order valence-corrected chi connectivity index (χ1v) is 10.7. The van der Waals surface area contributed by atoms with Gasteiger partial charge in [-0.15, -0.1) is 10.2 Å². The van der Waals surface area contributed by atoms with E-state index in [0.29, 0.717) is 36.6 Å². The summed E-state index contributed by atoms with van der Waals surface area (Å²) in [5.41, 5.74) is 2.61. The molecule has 1 atom stereocenters. The molecule has 10 nitrogen and oxygen atoms in total. The Morgan fingerprint density at radius 3 is 2.72 bits per heavy atom. The number of piperidine rings is 1. The van der Waals surface area contributed by atoms with Crippen LogP contribution in [-0.2, 0) is 11.8 Å². The molecule has 4 rings (SSSR count). The van der Waals surface area contributed by atoms with Crippen molar-refractivity contribution in [3.8, 4) is 5.69 Å². The first-order chi connectivity index (χ1) is 15.5. The fourth-order valence-electron chi connectivity index (χ4n) is 4.00. The lowest BCUT2D eigenvalue weighted by Gasteiger charge is -2.32. The number of nitrogens with zero attached hydrogens (tertiary/aromatic N) is 6. The van der Waals surface area contributed by atoms with Crippen LogP contribution in [0.25, 0.3) is 5.69 Å². The summed E-state index contributed by atoms with van der Waals surface area (Å²) >= 11 is 0. The van der Waals surface area contributed by atoms with E-state index in [9.17, 15) is 9.59 Å². The van der Waals surface area contributed by atoms with Crippen molar-refractivity contribution in [1.82, 2.24) is 29.4 Å². The van der Waals surface area contributed by atoms with E-state index >= 15 is 0 Å². The standard InChI is InChI=1S/C22H27N7O3/c1-4-32-21(30)19-12-24-29(15(19)2)18-9-7-17(8-10-18)25-22(31)28-11-5-6-16(13-28)20-26-23-14-27(20)3/h7-10,12,14,16H,4-6,11,13H2,1-3H3,(H,25,31). The zero-order valence-electron chi connectivity index (χ0n) is 18.5. The zero-order valence-corrected chi connectivity index (χ0v) is 18.5. The van der Waals surface area contributed by atoms with E-state index in [1.165, 1.54) is 6.20 Å². The number of carbonyl (C=O) groups is 2. The van der Waals surface area contributed by atoms with Crippen LogP contribution >= 0.6 is 0 Å². The van der Waals surface area contributed by atoms with Crippen LogP contribution in [0.2, 0.25) is 0 Å². The van der Waals surface area contributed by atoms with Gasteiger partial charge in [-0.2, -0.15) is 5.10 Å². The fourth-order valence-corrected chi connectivity index (χ4v) is 4.00. The molecule has 2 amide bonds. The third-order valence-corrected chi connectivity index (χ3v) is 5.69. The number of urea groups is 1. The zero-order chi connectivity index (χ0) is 22.7. The number of benzene rings is 1. The van der Waals surface area contributed by atoms with E-state index in [2.05, 4.69) is 20.6 Å². The van der Waals surface area contributed by atoms with E-state index < -0.39 is 0 Å². The SMILES string of the molecule is CCOC(=O)c1cnn(-c2ccc(NC(=O)N3CCCC(c4nncn4C)C3)cc2)c1C. The minimum absolute atomic E-state index is 0.135. The number of rotatable bonds is 5. The first-order valence-electron chi connectivity index (χ1n) is 10.7. The second-order valence-corrected chi connectivity index (χ2v) is 7.84. The topological polar surface area (TPSA) is 107 Å². The second kappa shape index (κ2) is 9.21. The molecule has 1 aliphatic heterocycles. The van der Waals surface area contributed by atoms with E-state index in [0.717, 1.165) is 24.4 Å². The van der Waals surface area contributed by atoms with Crippen LogP contribution in [0.1, 0.15) is 47.6 Å². The lowest BCUT2D eigenvalue weighted by molar-refractivity contribution is 0.0525. The van der Waals surface area contributed by atoms with Crippen molar-refractivity contribution in [2.24, 2.45) is 7.05 Å². The van der Waals surface area contributed by atoms with Crippen LogP contribution < -0.4 is 5.32 Å². The van der Waals surface area contributed by atoms with E-state index in [-0.39, 0.29) is 17.9 Å². The van der Waals surface area contributed by atoms with Gasteiger partial charge in [-0.1, -0.05) is 0 Å². The number of hydrogen-bond donors (Lipinski definition) is 1. The number of aromatic nitrogens is 5. The number of ether oxygens (including phenoxy) is 1. The maximum absolute atomic E-state index is 12.8. The van der Waals surface area contributed by atoms with Gasteiger partial charge in [0, 0.05) is 31.7 Å². The summed E-state index contributed by atoms with van der Waals surface area (Å²) in [6.45, 7) is 5.22. The molecule has 3 heterocycles. The Bertz CT molecular complexity index is 1100. The lowest BCUT2D eigenvalue weighted by Crippen LogP contribution is -2.42. The maximum atomic E-state index is 12.8. The molecular formula is C22H27N7O3. The molecule has 1 unspecified atom stereocenters. The van der Waals surface area contributed by atoms with Gasteiger partial charge in [-0.3, -0.25) is 0 Å². The Kier molecular flexibility index (Phi) is 6.20. The molecule has 0 bridgehead atoms. The van der Waals surface area contributed by atoms with Crippen molar-refractivity contribution in [1.29, 1.82) is 0 Å². The molecule has 32 heavy (non-hydrogen) atoms. The van der Waals surface area contributed by atoms with Crippen molar-refractivity contribution in [3.05, 3.63) is 53.9 Å². The molecule has 0 spiro atoms. The lowest BCUT2D eigenvalue weighted by atomic mass is 9.97. The highest BCUT2D eigenvalue weighted by Crippen LogP contribution is 2.26. The Balaban J connectivity index is 1.41. The average molecular weight is 438 g/mol. The third kappa shape index (κ3) is 4.34. The first kappa shape index (κ1) is 21.5. The number of hydrogen-bond acceptors (Lipinski definition) is 6. The maximum Gasteiger partial charge on any atom is 0.341 e. The highest BCUT2D eigenvalue weighted by atomic mass is 16.5. The van der Waals surface area contributed by atoms with Crippen molar-refractivity contribution in [2.75, 3.05) is 25.0 Å². The Hall–Kier alpha value is -3.69. The molecule has 168 valence electrons. The number of likely N-dealkylation sites (tertiary alicyclic amines) is 1. The van der Waals surface area contributed by atoms with Crippen molar-refractivity contribution in [2.45, 2.75) is 32.6 Å². The summed E-state index contributed by atoms with van der Waals surface area (Å²) in [7, 11) is 1.92. The monoisotopic (exact) mass is 437 g/mol. The number of anilines is 1. The van der Waals surface area contributed by atoms with Gasteiger partial charge in [0.15, 0.2) is 0 Å². The molecule has 0 aliphatic carbocycles. The molecule has 1 aromatic carbocycles. The smallest absolute Gasteiger partial charge is 0.341 e. The normalized spacial score (nSPS) is 16.1. The quantitative estimate of drug-likeness (QED) is 0.615. The van der Waals surface area contributed by atoms with Crippen LogP contribution in [-0.4, -0.2) is 61.1 Å². The largest absolute Gasteiger partial charge is 0.462 e. The van der Waals surface area contributed by atoms with Gasteiger partial charge in [0.2, 0.25) is 0 Å². The van der Waals surface area contributed by atoms with Gasteiger partial charge in [-0.05, 0) is 51.0 Å². The van der Waals surface area contributed by atoms with Crippen molar-refractivity contribution >= 4 is 17.7 Å². The molecule has 0 radical (unpaired) electrons. The molecule has 10 heteroatoms. The molecule has 3 aromatic rings. The van der Waals surface area contributed by atoms with Crippen LogP contribution in [0, 0.1) is 6.92 Å². The van der Waals surface area contributed by atoms with Gasteiger partial charge >= 0.3 is 12.0 Å². The van der Waals surface area contributed by atoms with Gasteiger partial charge in [0.05, 0.1) is 24.2 Å². The Morgan fingerprint density at radius 1 is 1.25 bits per heavy atom.